The smallest absolute Gasteiger partial charge is 0.443 e. The summed E-state index contributed by atoms with van der Waals surface area (Å²) in [5.74, 6) is -1.17. The van der Waals surface area contributed by atoms with Crippen LogP contribution in [-0.2, 0) is 22.3 Å². The first kappa shape index (κ1) is 19.2. The summed E-state index contributed by atoms with van der Waals surface area (Å²) in [5, 5.41) is 8.43. The number of ether oxygens (including phenoxy) is 2. The summed E-state index contributed by atoms with van der Waals surface area (Å²) in [6, 6.07) is 6.58. The Morgan fingerprint density at radius 2 is 2.07 bits per heavy atom. The van der Waals surface area contributed by atoms with E-state index < -0.39 is 17.2 Å². The Morgan fingerprint density at radius 3 is 2.67 bits per heavy atom. The first-order valence-corrected chi connectivity index (χ1v) is 8.88. The first-order valence-electron chi connectivity index (χ1n) is 8.06. The van der Waals surface area contributed by atoms with Crippen molar-refractivity contribution < 1.29 is 32.5 Å². The maximum atomic E-state index is 13.0. The molecule has 9 heteroatoms. The van der Waals surface area contributed by atoms with Gasteiger partial charge in [0.05, 0.1) is 18.2 Å². The van der Waals surface area contributed by atoms with Crippen LogP contribution in [0.4, 0.5) is 13.2 Å². The largest absolute Gasteiger partial charge is 0.503 e. The third-order valence-electron chi connectivity index (χ3n) is 3.95. The van der Waals surface area contributed by atoms with Crippen molar-refractivity contribution in [2.45, 2.75) is 31.5 Å². The van der Waals surface area contributed by atoms with E-state index in [9.17, 15) is 23.1 Å². The lowest BCUT2D eigenvalue weighted by molar-refractivity contribution is -0.137. The van der Waals surface area contributed by atoms with Crippen LogP contribution in [0, 0.1) is 0 Å². The number of benzene rings is 1. The van der Waals surface area contributed by atoms with Crippen molar-refractivity contribution in [3.05, 3.63) is 51.5 Å². The van der Waals surface area contributed by atoms with Gasteiger partial charge in [0.2, 0.25) is 10.9 Å². The maximum absolute atomic E-state index is 13.0. The minimum atomic E-state index is -4.52. The van der Waals surface area contributed by atoms with Crippen LogP contribution in [0.2, 0.25) is 0 Å². The first-order chi connectivity index (χ1) is 12.8. The quantitative estimate of drug-likeness (QED) is 0.540. The molecule has 1 fully saturated rings. The van der Waals surface area contributed by atoms with Gasteiger partial charge in [0.15, 0.2) is 0 Å². The average Bonchev–Trinajstić information content (AvgIpc) is 3.36. The Labute approximate surface area is 157 Å². The highest BCUT2D eigenvalue weighted by Crippen LogP contribution is 2.49. The van der Waals surface area contributed by atoms with E-state index in [0.717, 1.165) is 19.1 Å². The van der Waals surface area contributed by atoms with E-state index in [1.165, 1.54) is 7.11 Å². The predicted octanol–water partition coefficient (Wildman–Crippen LogP) is 4.69. The van der Waals surface area contributed by atoms with E-state index in [2.05, 4.69) is 4.98 Å². The molecule has 1 N–H and O–H groups in total. The number of aromatic nitrogens is 1. The van der Waals surface area contributed by atoms with Gasteiger partial charge in [0.25, 0.3) is 0 Å². The average molecular weight is 399 g/mol. The van der Waals surface area contributed by atoms with Crippen molar-refractivity contribution in [1.29, 1.82) is 0 Å². The number of aliphatic carboxylic acids is 1. The molecule has 0 unspecified atom stereocenters. The fraction of sp³-hybridized carbons (Fsp3) is 0.333. The number of rotatable bonds is 7. The van der Waals surface area contributed by atoms with Gasteiger partial charge in [0, 0.05) is 0 Å². The standard InChI is InChI=1S/C18H16F3NO4S/c1-25-9-13(16(23)24)12-5-3-2-4-11(12)8-26-15-14(10-6-7-10)27-17(22-15)18(19,20)21/h2-5,9-10H,6-8H2,1H3,(H,23,24). The molecular weight excluding hydrogens is 383 g/mol. The number of alkyl halides is 3. The van der Waals surface area contributed by atoms with E-state index in [1.807, 2.05) is 0 Å². The van der Waals surface area contributed by atoms with Crippen molar-refractivity contribution in [3.8, 4) is 5.88 Å². The fourth-order valence-corrected chi connectivity index (χ4v) is 3.59. The van der Waals surface area contributed by atoms with E-state index >= 15 is 0 Å². The van der Waals surface area contributed by atoms with E-state index in [0.29, 0.717) is 27.3 Å². The fourth-order valence-electron chi connectivity index (χ4n) is 2.55. The van der Waals surface area contributed by atoms with Gasteiger partial charge in [-0.1, -0.05) is 24.3 Å². The van der Waals surface area contributed by atoms with Crippen LogP contribution in [0.3, 0.4) is 0 Å². The number of hydrogen-bond donors (Lipinski definition) is 1. The minimum absolute atomic E-state index is 0.0303. The molecule has 0 atom stereocenters. The number of hydrogen-bond acceptors (Lipinski definition) is 5. The number of carboxylic acids is 1. The van der Waals surface area contributed by atoms with Gasteiger partial charge in [-0.15, -0.1) is 11.3 Å². The van der Waals surface area contributed by atoms with Crippen LogP contribution in [0.25, 0.3) is 5.57 Å². The predicted molar refractivity (Wildman–Crippen MR) is 92.5 cm³/mol. The van der Waals surface area contributed by atoms with Gasteiger partial charge in [-0.05, 0) is 29.9 Å². The van der Waals surface area contributed by atoms with Crippen molar-refractivity contribution in [3.63, 3.8) is 0 Å². The van der Waals surface area contributed by atoms with Gasteiger partial charge in [-0.3, -0.25) is 0 Å². The SMILES string of the molecule is COC=C(C(=O)O)c1ccccc1COc1nc(C(F)(F)F)sc1C1CC1. The molecule has 1 heterocycles. The van der Waals surface area contributed by atoms with Crippen molar-refractivity contribution in [2.75, 3.05) is 7.11 Å². The number of carbonyl (C=O) groups is 1. The van der Waals surface area contributed by atoms with Gasteiger partial charge in [-0.2, -0.15) is 18.2 Å². The molecule has 1 aliphatic rings. The molecular formula is C18H16F3NO4S. The molecule has 0 saturated heterocycles. The molecule has 0 spiro atoms. The van der Waals surface area contributed by atoms with Crippen molar-refractivity contribution >= 4 is 22.9 Å². The molecule has 0 aliphatic heterocycles. The van der Waals surface area contributed by atoms with Gasteiger partial charge < -0.3 is 14.6 Å². The summed E-state index contributed by atoms with van der Waals surface area (Å²) in [7, 11) is 1.33. The molecule has 1 saturated carbocycles. The summed E-state index contributed by atoms with van der Waals surface area (Å²) in [6.07, 6.45) is -1.80. The summed E-state index contributed by atoms with van der Waals surface area (Å²) in [6.45, 7) is -0.106. The van der Waals surface area contributed by atoms with Crippen LogP contribution >= 0.6 is 11.3 Å². The maximum Gasteiger partial charge on any atom is 0.443 e. The molecule has 1 aliphatic carbocycles. The molecule has 144 valence electrons. The van der Waals surface area contributed by atoms with Gasteiger partial charge >= 0.3 is 12.1 Å². The second-order valence-electron chi connectivity index (χ2n) is 5.98. The zero-order valence-corrected chi connectivity index (χ0v) is 15.1. The molecule has 0 bridgehead atoms. The monoisotopic (exact) mass is 399 g/mol. The Balaban J connectivity index is 1.87. The lowest BCUT2D eigenvalue weighted by Crippen LogP contribution is -2.07. The van der Waals surface area contributed by atoms with Crippen LogP contribution < -0.4 is 4.74 Å². The Morgan fingerprint density at radius 1 is 1.37 bits per heavy atom. The molecule has 1 aromatic heterocycles. The molecule has 0 amide bonds. The highest BCUT2D eigenvalue weighted by Gasteiger charge is 2.39. The zero-order valence-electron chi connectivity index (χ0n) is 14.2. The number of methoxy groups -OCH3 is 1. The molecule has 0 radical (unpaired) electrons. The normalized spacial score (nSPS) is 14.9. The second kappa shape index (κ2) is 7.59. The lowest BCUT2D eigenvalue weighted by atomic mass is 10.0. The molecule has 27 heavy (non-hydrogen) atoms. The summed E-state index contributed by atoms with van der Waals surface area (Å²) in [5.41, 5.74) is 0.797. The third-order valence-corrected chi connectivity index (χ3v) is 5.19. The lowest BCUT2D eigenvalue weighted by Gasteiger charge is -2.11. The molecule has 3 rings (SSSR count). The molecule has 1 aromatic carbocycles. The Bertz CT molecular complexity index is 872. The van der Waals surface area contributed by atoms with Crippen LogP contribution in [0.15, 0.2) is 30.5 Å². The highest BCUT2D eigenvalue weighted by atomic mass is 32.1. The summed E-state index contributed by atoms with van der Waals surface area (Å²) in [4.78, 5) is 15.6. The van der Waals surface area contributed by atoms with Gasteiger partial charge in [-0.25, -0.2) is 4.79 Å². The third kappa shape index (κ3) is 4.41. The van der Waals surface area contributed by atoms with Gasteiger partial charge in [0.1, 0.15) is 12.2 Å². The Kier molecular flexibility index (Phi) is 5.41. The topological polar surface area (TPSA) is 68.7 Å². The summed E-state index contributed by atoms with van der Waals surface area (Å²) < 4.78 is 49.3. The number of carboxylic acid groups (broad SMARTS) is 1. The highest BCUT2D eigenvalue weighted by molar-refractivity contribution is 7.12. The van der Waals surface area contributed by atoms with Crippen LogP contribution in [0.5, 0.6) is 5.88 Å². The van der Waals surface area contributed by atoms with Crippen LogP contribution in [0.1, 0.15) is 39.8 Å². The van der Waals surface area contributed by atoms with E-state index in [1.54, 1.807) is 24.3 Å². The molecule has 5 nitrogen and oxygen atoms in total. The van der Waals surface area contributed by atoms with Crippen molar-refractivity contribution in [1.82, 2.24) is 4.98 Å². The van der Waals surface area contributed by atoms with Crippen LogP contribution in [-0.4, -0.2) is 23.2 Å². The number of nitrogens with zero attached hydrogens (tertiary/aromatic N) is 1. The Hall–Kier alpha value is -2.55. The molecule has 2 aromatic rings. The summed E-state index contributed by atoms with van der Waals surface area (Å²) >= 11 is 0.609. The van der Waals surface area contributed by atoms with E-state index in [4.69, 9.17) is 9.47 Å². The van der Waals surface area contributed by atoms with E-state index in [-0.39, 0.29) is 24.0 Å². The second-order valence-corrected chi connectivity index (χ2v) is 7.01. The van der Waals surface area contributed by atoms with Crippen molar-refractivity contribution in [2.24, 2.45) is 0 Å². The number of thiazole rings is 1. The minimum Gasteiger partial charge on any atom is -0.503 e. The zero-order chi connectivity index (χ0) is 19.6. The number of halogens is 3.